The minimum absolute atomic E-state index is 0.0712. The lowest BCUT2D eigenvalue weighted by Gasteiger charge is -2.21. The fourth-order valence-corrected chi connectivity index (χ4v) is 4.46. The van der Waals surface area contributed by atoms with Crippen molar-refractivity contribution in [1.29, 1.82) is 0 Å². The molecule has 0 bridgehead atoms. The summed E-state index contributed by atoms with van der Waals surface area (Å²) in [7, 11) is 1.69. The van der Waals surface area contributed by atoms with E-state index in [0.29, 0.717) is 24.2 Å². The van der Waals surface area contributed by atoms with E-state index in [2.05, 4.69) is 5.32 Å². The number of carbonyl (C=O) groups excluding carboxylic acids is 4. The van der Waals surface area contributed by atoms with Gasteiger partial charge in [0.25, 0.3) is 11.5 Å². The number of allylic oxidation sites excluding steroid dienone is 2. The molecular formula is C24H26N4O6. The number of ether oxygens (including phenoxy) is 1. The van der Waals surface area contributed by atoms with Crippen LogP contribution in [0, 0.1) is 18.8 Å². The summed E-state index contributed by atoms with van der Waals surface area (Å²) in [5, 5.41) is 2.51. The Kier molecular flexibility index (Phi) is 6.23. The second-order valence-corrected chi connectivity index (χ2v) is 8.47. The van der Waals surface area contributed by atoms with Crippen LogP contribution in [-0.2, 0) is 31.0 Å². The van der Waals surface area contributed by atoms with Gasteiger partial charge in [0, 0.05) is 7.05 Å². The van der Waals surface area contributed by atoms with Crippen LogP contribution in [0.2, 0.25) is 0 Å². The van der Waals surface area contributed by atoms with Gasteiger partial charge >= 0.3 is 5.97 Å². The van der Waals surface area contributed by atoms with Crippen molar-refractivity contribution in [2.45, 2.75) is 32.7 Å². The molecule has 1 aliphatic carbocycles. The molecule has 0 spiro atoms. The van der Waals surface area contributed by atoms with Crippen LogP contribution in [0.4, 0.5) is 5.69 Å². The molecule has 2 heterocycles. The Morgan fingerprint density at radius 3 is 2.24 bits per heavy atom. The number of para-hydroxylation sites is 1. The molecule has 1 saturated heterocycles. The van der Waals surface area contributed by atoms with E-state index >= 15 is 0 Å². The molecule has 178 valence electrons. The minimum Gasteiger partial charge on any atom is -0.454 e. The first-order valence-electron chi connectivity index (χ1n) is 11.0. The van der Waals surface area contributed by atoms with E-state index < -0.39 is 53.7 Å². The first-order chi connectivity index (χ1) is 16.2. The van der Waals surface area contributed by atoms with Gasteiger partial charge in [0.15, 0.2) is 6.61 Å². The molecule has 1 aromatic carbocycles. The third-order valence-corrected chi connectivity index (χ3v) is 6.43. The Hall–Kier alpha value is -3.95. The number of nitrogens with zero attached hydrogens (tertiary/aromatic N) is 3. The van der Waals surface area contributed by atoms with Crippen LogP contribution in [0.25, 0.3) is 5.69 Å². The molecule has 2 aliphatic rings. The van der Waals surface area contributed by atoms with Crippen LogP contribution in [0.5, 0.6) is 0 Å². The van der Waals surface area contributed by atoms with Crippen molar-refractivity contribution >= 4 is 29.4 Å². The molecule has 3 atom stereocenters. The molecule has 1 fully saturated rings. The Morgan fingerprint density at radius 2 is 1.65 bits per heavy atom. The molecule has 2 aromatic rings. The summed E-state index contributed by atoms with van der Waals surface area (Å²) in [6.07, 6.45) is 4.65. The Balaban J connectivity index is 1.40. The molecular weight excluding hydrogens is 440 g/mol. The number of anilines is 1. The quantitative estimate of drug-likeness (QED) is 0.389. The number of amides is 3. The van der Waals surface area contributed by atoms with Gasteiger partial charge < -0.3 is 10.1 Å². The van der Waals surface area contributed by atoms with Crippen molar-refractivity contribution in [2.75, 3.05) is 11.9 Å². The number of benzene rings is 1. The molecule has 3 amide bonds. The Labute approximate surface area is 195 Å². The zero-order valence-electron chi connectivity index (χ0n) is 19.2. The zero-order valence-corrected chi connectivity index (χ0v) is 19.2. The predicted octanol–water partition coefficient (Wildman–Crippen LogP) is 1.31. The van der Waals surface area contributed by atoms with Crippen molar-refractivity contribution in [3.05, 3.63) is 58.5 Å². The number of imide groups is 1. The van der Waals surface area contributed by atoms with Gasteiger partial charge in [-0.15, -0.1) is 0 Å². The largest absolute Gasteiger partial charge is 0.454 e. The molecule has 10 heteroatoms. The fraction of sp³-hybridized carbons (Fsp3) is 0.375. The molecule has 4 rings (SSSR count). The van der Waals surface area contributed by atoms with Crippen LogP contribution < -0.4 is 10.9 Å². The van der Waals surface area contributed by atoms with Gasteiger partial charge in [0.1, 0.15) is 11.7 Å². The third-order valence-electron chi connectivity index (χ3n) is 6.43. The number of nitrogens with one attached hydrogen (secondary N) is 1. The summed E-state index contributed by atoms with van der Waals surface area (Å²) in [4.78, 5) is 64.1. The van der Waals surface area contributed by atoms with Gasteiger partial charge in [-0.1, -0.05) is 30.4 Å². The number of esters is 1. The SMILES string of the molecule is Cc1c(NC(=O)COC(=O)[C@H](C)N2C(=O)[C@H]3CC=CC[C@H]3C2=O)c(=O)n(-c2ccccc2)n1C. The second-order valence-electron chi connectivity index (χ2n) is 8.47. The highest BCUT2D eigenvalue weighted by molar-refractivity contribution is 6.08. The summed E-state index contributed by atoms with van der Waals surface area (Å²) in [5.74, 6) is -3.27. The highest BCUT2D eigenvalue weighted by Gasteiger charge is 2.50. The van der Waals surface area contributed by atoms with E-state index in [1.54, 1.807) is 42.9 Å². The van der Waals surface area contributed by atoms with Crippen LogP contribution in [0.1, 0.15) is 25.5 Å². The summed E-state index contributed by atoms with van der Waals surface area (Å²) < 4.78 is 8.10. The zero-order chi connectivity index (χ0) is 24.6. The number of rotatable bonds is 6. The van der Waals surface area contributed by atoms with Gasteiger partial charge in [-0.2, -0.15) is 0 Å². The summed E-state index contributed by atoms with van der Waals surface area (Å²) in [5.41, 5.74) is 0.798. The molecule has 34 heavy (non-hydrogen) atoms. The molecule has 1 aromatic heterocycles. The highest BCUT2D eigenvalue weighted by atomic mass is 16.5. The minimum atomic E-state index is -1.15. The van der Waals surface area contributed by atoms with Gasteiger partial charge in [-0.3, -0.25) is 28.8 Å². The summed E-state index contributed by atoms with van der Waals surface area (Å²) in [6.45, 7) is 2.43. The number of hydrogen-bond donors (Lipinski definition) is 1. The van der Waals surface area contributed by atoms with Gasteiger partial charge in [0.2, 0.25) is 11.8 Å². The maximum Gasteiger partial charge on any atom is 0.329 e. The van der Waals surface area contributed by atoms with Gasteiger partial charge in [0.05, 0.1) is 23.2 Å². The standard InChI is InChI=1S/C24H26N4O6/c1-14-20(23(32)28(26(14)3)16-9-5-4-6-10-16)25-19(29)13-34-24(33)15(2)27-21(30)17-11-7-8-12-18(17)22(27)31/h4-10,15,17-18H,11-13H2,1-3H3,(H,25,29)/t15-,17-,18+/m0/s1. The maximum absolute atomic E-state index is 12.9. The van der Waals surface area contributed by atoms with Gasteiger partial charge in [-0.25, -0.2) is 9.48 Å². The predicted molar refractivity (Wildman–Crippen MR) is 122 cm³/mol. The second kappa shape index (κ2) is 9.12. The monoisotopic (exact) mass is 466 g/mol. The molecule has 1 N–H and O–H groups in total. The summed E-state index contributed by atoms with van der Waals surface area (Å²) in [6, 6.07) is 7.81. The van der Waals surface area contributed by atoms with Crippen molar-refractivity contribution in [1.82, 2.24) is 14.3 Å². The lowest BCUT2D eigenvalue weighted by Crippen LogP contribution is -2.45. The fourth-order valence-electron chi connectivity index (χ4n) is 4.46. The average molecular weight is 466 g/mol. The smallest absolute Gasteiger partial charge is 0.329 e. The van der Waals surface area contributed by atoms with E-state index in [1.165, 1.54) is 11.6 Å². The number of likely N-dealkylation sites (tertiary alicyclic amines) is 1. The Bertz CT molecular complexity index is 1220. The molecule has 0 unspecified atom stereocenters. The topological polar surface area (TPSA) is 120 Å². The third kappa shape index (κ3) is 3.95. The number of aromatic nitrogens is 2. The first-order valence-corrected chi connectivity index (χ1v) is 11.0. The van der Waals surface area contributed by atoms with E-state index in [-0.39, 0.29) is 5.69 Å². The highest BCUT2D eigenvalue weighted by Crippen LogP contribution is 2.36. The lowest BCUT2D eigenvalue weighted by atomic mass is 9.85. The van der Waals surface area contributed by atoms with Crippen molar-refractivity contribution in [2.24, 2.45) is 18.9 Å². The van der Waals surface area contributed by atoms with Crippen molar-refractivity contribution in [3.63, 3.8) is 0 Å². The van der Waals surface area contributed by atoms with E-state index in [0.717, 1.165) is 4.90 Å². The van der Waals surface area contributed by atoms with E-state index in [1.807, 2.05) is 18.2 Å². The number of fused-ring (bicyclic) bond motifs is 1. The molecule has 1 aliphatic heterocycles. The average Bonchev–Trinajstić information content (AvgIpc) is 3.22. The lowest BCUT2D eigenvalue weighted by molar-refractivity contribution is -0.159. The van der Waals surface area contributed by atoms with Crippen LogP contribution in [0.15, 0.2) is 47.3 Å². The van der Waals surface area contributed by atoms with Crippen LogP contribution in [-0.4, -0.2) is 50.6 Å². The number of carbonyl (C=O) groups is 4. The molecule has 10 nitrogen and oxygen atoms in total. The van der Waals surface area contributed by atoms with Crippen molar-refractivity contribution in [3.8, 4) is 5.69 Å². The number of hydrogen-bond acceptors (Lipinski definition) is 6. The normalized spacial score (nSPS) is 20.3. The summed E-state index contributed by atoms with van der Waals surface area (Å²) >= 11 is 0. The van der Waals surface area contributed by atoms with Gasteiger partial charge in [-0.05, 0) is 38.8 Å². The molecule has 0 saturated carbocycles. The van der Waals surface area contributed by atoms with Crippen molar-refractivity contribution < 1.29 is 23.9 Å². The van der Waals surface area contributed by atoms with E-state index in [4.69, 9.17) is 4.74 Å². The van der Waals surface area contributed by atoms with Crippen LogP contribution >= 0.6 is 0 Å². The first kappa shape index (κ1) is 23.2. The Morgan fingerprint density at radius 1 is 1.06 bits per heavy atom. The maximum atomic E-state index is 12.9. The van der Waals surface area contributed by atoms with Crippen LogP contribution in [0.3, 0.4) is 0 Å². The molecule has 0 radical (unpaired) electrons. The van der Waals surface area contributed by atoms with E-state index in [9.17, 15) is 24.0 Å².